The van der Waals surface area contributed by atoms with E-state index in [1.807, 2.05) is 28.9 Å². The number of quaternary nitrogens is 1. The van der Waals surface area contributed by atoms with E-state index in [-0.39, 0.29) is 0 Å². The number of hydrogen-bond acceptors (Lipinski definition) is 5. The van der Waals surface area contributed by atoms with Crippen LogP contribution >= 0.6 is 0 Å². The van der Waals surface area contributed by atoms with Gasteiger partial charge < -0.3 is 14.7 Å². The first-order valence-corrected chi connectivity index (χ1v) is 10.1. The van der Waals surface area contributed by atoms with Gasteiger partial charge in [0.1, 0.15) is 17.9 Å². The number of aromatic nitrogens is 4. The van der Waals surface area contributed by atoms with Gasteiger partial charge in [-0.15, -0.1) is 5.10 Å². The molecule has 0 aliphatic carbocycles. The van der Waals surface area contributed by atoms with E-state index in [1.54, 1.807) is 7.11 Å². The highest BCUT2D eigenvalue weighted by Gasteiger charge is 2.36. The smallest absolute Gasteiger partial charge is 0.206 e. The number of hydrogen-bond donors (Lipinski definition) is 2. The zero-order valence-corrected chi connectivity index (χ0v) is 17.0. The molecule has 0 amide bonds. The van der Waals surface area contributed by atoms with Crippen LogP contribution < -0.4 is 9.64 Å². The van der Waals surface area contributed by atoms with Gasteiger partial charge >= 0.3 is 0 Å². The van der Waals surface area contributed by atoms with E-state index >= 15 is 0 Å². The van der Waals surface area contributed by atoms with Crippen molar-refractivity contribution in [2.45, 2.75) is 38.5 Å². The lowest BCUT2D eigenvalue weighted by Gasteiger charge is -2.36. The molecular weight excluding hydrogens is 366 g/mol. The summed E-state index contributed by atoms with van der Waals surface area (Å²) in [6.45, 7) is 5.27. The fourth-order valence-corrected chi connectivity index (χ4v) is 3.95. The van der Waals surface area contributed by atoms with Gasteiger partial charge in [-0.2, -0.15) is 0 Å². The van der Waals surface area contributed by atoms with E-state index in [1.165, 1.54) is 16.0 Å². The predicted molar refractivity (Wildman–Crippen MR) is 109 cm³/mol. The number of piperidine rings is 1. The van der Waals surface area contributed by atoms with Gasteiger partial charge in [0, 0.05) is 12.8 Å². The number of likely N-dealkylation sites (tertiary alicyclic amines) is 1. The molecule has 0 bridgehead atoms. The van der Waals surface area contributed by atoms with Crippen molar-refractivity contribution in [3.63, 3.8) is 0 Å². The number of nitrogens with one attached hydrogen (secondary N) is 1. The average Bonchev–Trinajstić information content (AvgIpc) is 3.18. The summed E-state index contributed by atoms with van der Waals surface area (Å²) in [6, 6.07) is 16.2. The molecule has 1 aliphatic rings. The van der Waals surface area contributed by atoms with Crippen molar-refractivity contribution in [2.24, 2.45) is 0 Å². The van der Waals surface area contributed by atoms with Gasteiger partial charge in [-0.3, -0.25) is 0 Å². The molecule has 1 fully saturated rings. The molecule has 29 heavy (non-hydrogen) atoms. The van der Waals surface area contributed by atoms with E-state index in [9.17, 15) is 5.11 Å². The second kappa shape index (κ2) is 8.31. The number of ether oxygens (including phenoxy) is 1. The van der Waals surface area contributed by atoms with Crippen LogP contribution in [0, 0.1) is 6.92 Å². The van der Waals surface area contributed by atoms with Gasteiger partial charge in [0.05, 0.1) is 26.7 Å². The van der Waals surface area contributed by atoms with Crippen molar-refractivity contribution < 1.29 is 14.7 Å². The zero-order chi connectivity index (χ0) is 20.3. The Kier molecular flexibility index (Phi) is 5.60. The number of tetrazole rings is 1. The summed E-state index contributed by atoms with van der Waals surface area (Å²) in [4.78, 5) is 1.39. The Morgan fingerprint density at radius 2 is 1.76 bits per heavy atom. The minimum absolute atomic E-state index is 0.672. The number of methoxy groups -OCH3 is 1. The van der Waals surface area contributed by atoms with E-state index in [0.717, 1.165) is 36.8 Å². The van der Waals surface area contributed by atoms with Crippen LogP contribution in [0.3, 0.4) is 0 Å². The molecule has 0 spiro atoms. The van der Waals surface area contributed by atoms with E-state index < -0.39 is 5.60 Å². The third kappa shape index (κ3) is 4.46. The van der Waals surface area contributed by atoms with Crippen LogP contribution in [-0.2, 0) is 18.7 Å². The van der Waals surface area contributed by atoms with Crippen molar-refractivity contribution in [3.05, 3.63) is 71.0 Å². The molecule has 2 aromatic carbocycles. The standard InChI is InChI=1S/C22H27N5O2/c1-17-3-5-18(6-4-17)15-27-21(23-24-25-27)16-26-13-11-22(28,12-14-26)19-7-9-20(29-2)10-8-19/h3-10,28H,11-16H2,1-2H3/p+1. The number of aliphatic hydroxyl groups is 1. The van der Waals surface area contributed by atoms with E-state index in [4.69, 9.17) is 4.74 Å². The molecule has 1 aliphatic heterocycles. The molecule has 1 aromatic heterocycles. The fourth-order valence-electron chi connectivity index (χ4n) is 3.95. The summed E-state index contributed by atoms with van der Waals surface area (Å²) in [6.07, 6.45) is 1.43. The Bertz CT molecular complexity index is 929. The number of rotatable bonds is 6. The minimum atomic E-state index is -0.774. The predicted octanol–water partition coefficient (Wildman–Crippen LogP) is 1.10. The Labute approximate surface area is 170 Å². The largest absolute Gasteiger partial charge is 0.497 e. The maximum absolute atomic E-state index is 11.1. The Balaban J connectivity index is 1.37. The van der Waals surface area contributed by atoms with Gasteiger partial charge in [0.2, 0.25) is 5.82 Å². The quantitative estimate of drug-likeness (QED) is 0.655. The maximum Gasteiger partial charge on any atom is 0.206 e. The van der Waals surface area contributed by atoms with Crippen molar-refractivity contribution >= 4 is 0 Å². The summed E-state index contributed by atoms with van der Waals surface area (Å²) in [5.41, 5.74) is 2.62. The maximum atomic E-state index is 11.1. The molecule has 7 nitrogen and oxygen atoms in total. The molecule has 2 N–H and O–H groups in total. The summed E-state index contributed by atoms with van der Waals surface area (Å²) in [5, 5.41) is 23.4. The van der Waals surface area contributed by atoms with Crippen LogP contribution in [0.25, 0.3) is 0 Å². The highest BCUT2D eigenvalue weighted by molar-refractivity contribution is 5.31. The molecule has 0 saturated carbocycles. The molecular formula is C22H28N5O2+. The lowest BCUT2D eigenvalue weighted by atomic mass is 9.84. The highest BCUT2D eigenvalue weighted by Crippen LogP contribution is 2.30. The van der Waals surface area contributed by atoms with Crippen molar-refractivity contribution in [3.8, 4) is 5.75 Å². The first-order valence-electron chi connectivity index (χ1n) is 10.1. The minimum Gasteiger partial charge on any atom is -0.497 e. The molecule has 1 saturated heterocycles. The van der Waals surface area contributed by atoms with Crippen molar-refractivity contribution in [1.82, 2.24) is 20.2 Å². The molecule has 7 heteroatoms. The number of aryl methyl sites for hydroxylation is 1. The molecule has 2 heterocycles. The summed E-state index contributed by atoms with van der Waals surface area (Å²) in [5.74, 6) is 1.69. The van der Waals surface area contributed by atoms with E-state index in [2.05, 4.69) is 46.7 Å². The zero-order valence-electron chi connectivity index (χ0n) is 17.0. The molecule has 3 aromatic rings. The average molecular weight is 394 g/mol. The van der Waals surface area contributed by atoms with Crippen LogP contribution in [-0.4, -0.2) is 45.5 Å². The first kappa shape index (κ1) is 19.5. The van der Waals surface area contributed by atoms with Gasteiger partial charge in [0.15, 0.2) is 0 Å². The normalized spacial score (nSPS) is 21.8. The lowest BCUT2D eigenvalue weighted by Crippen LogP contribution is -3.12. The lowest BCUT2D eigenvalue weighted by molar-refractivity contribution is -0.922. The van der Waals surface area contributed by atoms with Crippen LogP contribution in [0.5, 0.6) is 5.75 Å². The van der Waals surface area contributed by atoms with Crippen LogP contribution in [0.1, 0.15) is 35.4 Å². The fraction of sp³-hybridized carbons (Fsp3) is 0.409. The van der Waals surface area contributed by atoms with E-state index in [0.29, 0.717) is 19.4 Å². The summed E-state index contributed by atoms with van der Waals surface area (Å²) in [7, 11) is 1.65. The van der Waals surface area contributed by atoms with Crippen molar-refractivity contribution in [1.29, 1.82) is 0 Å². The summed E-state index contributed by atoms with van der Waals surface area (Å²) < 4.78 is 7.09. The summed E-state index contributed by atoms with van der Waals surface area (Å²) >= 11 is 0. The molecule has 4 rings (SSSR count). The third-order valence-electron chi connectivity index (χ3n) is 5.88. The van der Waals surface area contributed by atoms with Gasteiger partial charge in [-0.1, -0.05) is 42.0 Å². The SMILES string of the molecule is COc1ccc(C2(O)CC[NH+](Cc3nnnn3Cc3ccc(C)cc3)CC2)cc1. The first-order chi connectivity index (χ1) is 14.1. The van der Waals surface area contributed by atoms with Crippen molar-refractivity contribution in [2.75, 3.05) is 20.2 Å². The van der Waals surface area contributed by atoms with Gasteiger partial charge in [-0.05, 0) is 40.6 Å². The monoisotopic (exact) mass is 394 g/mol. The van der Waals surface area contributed by atoms with Crippen LogP contribution in [0.4, 0.5) is 0 Å². The topological polar surface area (TPSA) is 77.5 Å². The van der Waals surface area contributed by atoms with Crippen LogP contribution in [0.2, 0.25) is 0 Å². The van der Waals surface area contributed by atoms with Gasteiger partial charge in [0.25, 0.3) is 0 Å². The molecule has 0 unspecified atom stereocenters. The number of benzene rings is 2. The Morgan fingerprint density at radius 3 is 2.41 bits per heavy atom. The van der Waals surface area contributed by atoms with Crippen LogP contribution in [0.15, 0.2) is 48.5 Å². The molecule has 152 valence electrons. The third-order valence-corrected chi connectivity index (χ3v) is 5.88. The highest BCUT2D eigenvalue weighted by atomic mass is 16.5. The second-order valence-corrected chi connectivity index (χ2v) is 7.93. The number of nitrogens with zero attached hydrogens (tertiary/aromatic N) is 4. The molecule has 0 atom stereocenters. The van der Waals surface area contributed by atoms with Gasteiger partial charge in [-0.25, -0.2) is 4.68 Å². The Hall–Kier alpha value is -2.77. The Morgan fingerprint density at radius 1 is 1.07 bits per heavy atom. The molecule has 0 radical (unpaired) electrons. The second-order valence-electron chi connectivity index (χ2n) is 7.93.